The molecule has 1 aliphatic carbocycles. The number of carbonyl (C=O) groups is 1. The maximum absolute atomic E-state index is 13.9. The number of ether oxygens (including phenoxy) is 1. The van der Waals surface area contributed by atoms with Crippen molar-refractivity contribution in [2.45, 2.75) is 45.9 Å². The second kappa shape index (κ2) is 13.5. The number of hydrogen-bond donors (Lipinski definition) is 3. The van der Waals surface area contributed by atoms with Gasteiger partial charge in [0.25, 0.3) is 0 Å². The number of carbonyl (C=O) groups excluding carboxylic acids is 1. The Morgan fingerprint density at radius 1 is 1.41 bits per heavy atom. The van der Waals surface area contributed by atoms with E-state index < -0.39 is 29.2 Å². The van der Waals surface area contributed by atoms with Gasteiger partial charge in [0.05, 0.1) is 11.3 Å². The molecule has 0 saturated carbocycles. The van der Waals surface area contributed by atoms with Crippen molar-refractivity contribution in [1.29, 1.82) is 0 Å². The maximum atomic E-state index is 13.9. The van der Waals surface area contributed by atoms with Crippen molar-refractivity contribution in [3.05, 3.63) is 57.5 Å². The van der Waals surface area contributed by atoms with Crippen molar-refractivity contribution >= 4 is 5.91 Å². The molecule has 34 heavy (non-hydrogen) atoms. The third-order valence-corrected chi connectivity index (χ3v) is 5.88. The first kappa shape index (κ1) is 27.8. The van der Waals surface area contributed by atoms with E-state index in [-0.39, 0.29) is 24.4 Å². The second-order valence-electron chi connectivity index (χ2n) is 8.70. The standard InChI is InChI=1S/C24H36F2N4O4/c1-16(6-5-9-34-4)12-27-14-20-11-23(32)21(15-30(20)29(3)17(2)31)24(33)28-13-18-7-8-19(25)10-22(18)26/h8,10-11,15-16,18,24,27-28,33H,5-7,9,12-14H2,1-4H3/t16-,18?,24?/m0/s1. The van der Waals surface area contributed by atoms with Crippen LogP contribution >= 0.6 is 0 Å². The number of hydrogen-bond acceptors (Lipinski definition) is 6. The summed E-state index contributed by atoms with van der Waals surface area (Å²) in [6.07, 6.45) is 4.23. The Labute approximate surface area is 199 Å². The fraction of sp³-hybridized carbons (Fsp3) is 0.583. The molecule has 0 radical (unpaired) electrons. The van der Waals surface area contributed by atoms with Gasteiger partial charge in [0.15, 0.2) is 5.43 Å². The molecule has 0 spiro atoms. The van der Waals surface area contributed by atoms with Crippen LogP contribution in [0.5, 0.6) is 0 Å². The lowest BCUT2D eigenvalue weighted by Gasteiger charge is -2.26. The molecule has 0 bridgehead atoms. The Bertz CT molecular complexity index is 947. The summed E-state index contributed by atoms with van der Waals surface area (Å²) in [6, 6.07) is 1.38. The highest BCUT2D eigenvalue weighted by molar-refractivity contribution is 5.83. The second-order valence-corrected chi connectivity index (χ2v) is 8.70. The molecule has 8 nitrogen and oxygen atoms in total. The van der Waals surface area contributed by atoms with Gasteiger partial charge in [-0.1, -0.05) is 6.92 Å². The largest absolute Gasteiger partial charge is 0.385 e. The summed E-state index contributed by atoms with van der Waals surface area (Å²) in [7, 11) is 3.24. The van der Waals surface area contributed by atoms with Gasteiger partial charge < -0.3 is 15.2 Å². The molecular formula is C24H36F2N4O4. The van der Waals surface area contributed by atoms with Gasteiger partial charge in [-0.2, -0.15) is 0 Å². The lowest BCUT2D eigenvalue weighted by Crippen LogP contribution is -2.40. The van der Waals surface area contributed by atoms with Crippen molar-refractivity contribution in [2.24, 2.45) is 11.8 Å². The van der Waals surface area contributed by atoms with Crippen molar-refractivity contribution < 1.29 is 23.4 Å². The number of methoxy groups -OCH3 is 1. The maximum Gasteiger partial charge on any atom is 0.237 e. The fourth-order valence-electron chi connectivity index (χ4n) is 3.69. The summed E-state index contributed by atoms with van der Waals surface area (Å²) in [4.78, 5) is 24.8. The van der Waals surface area contributed by atoms with Gasteiger partial charge in [-0.3, -0.25) is 24.6 Å². The Morgan fingerprint density at radius 3 is 2.79 bits per heavy atom. The molecule has 1 heterocycles. The van der Waals surface area contributed by atoms with Crippen molar-refractivity contribution in [3.8, 4) is 0 Å². The fourth-order valence-corrected chi connectivity index (χ4v) is 3.69. The number of aliphatic hydroxyl groups is 1. The minimum atomic E-state index is -1.38. The van der Waals surface area contributed by atoms with E-state index in [2.05, 4.69) is 17.6 Å². The number of allylic oxidation sites excluding steroid dienone is 3. The van der Waals surface area contributed by atoms with Gasteiger partial charge in [-0.05, 0) is 37.8 Å². The van der Waals surface area contributed by atoms with Crippen LogP contribution in [0.15, 0.2) is 40.9 Å². The van der Waals surface area contributed by atoms with E-state index in [0.717, 1.165) is 25.5 Å². The molecule has 2 unspecified atom stereocenters. The summed E-state index contributed by atoms with van der Waals surface area (Å²) < 4.78 is 33.7. The first-order valence-electron chi connectivity index (χ1n) is 11.5. The van der Waals surface area contributed by atoms with Crippen LogP contribution in [-0.4, -0.2) is 49.5 Å². The van der Waals surface area contributed by atoms with Gasteiger partial charge in [-0.15, -0.1) is 0 Å². The molecular weight excluding hydrogens is 446 g/mol. The van der Waals surface area contributed by atoms with E-state index in [1.807, 2.05) is 0 Å². The number of rotatable bonds is 13. The van der Waals surface area contributed by atoms with Crippen molar-refractivity contribution in [3.63, 3.8) is 0 Å². The molecule has 0 aromatic carbocycles. The molecule has 2 rings (SSSR count). The first-order valence-corrected chi connectivity index (χ1v) is 11.5. The van der Waals surface area contributed by atoms with E-state index in [1.54, 1.807) is 14.2 Å². The number of pyridine rings is 1. The zero-order valence-electron chi connectivity index (χ0n) is 20.3. The topological polar surface area (TPSA) is 95.8 Å². The molecule has 1 aromatic heterocycles. The van der Waals surface area contributed by atoms with E-state index in [4.69, 9.17) is 4.74 Å². The van der Waals surface area contributed by atoms with Crippen molar-refractivity contribution in [1.82, 2.24) is 15.3 Å². The summed E-state index contributed by atoms with van der Waals surface area (Å²) in [5.41, 5.74) is 0.167. The zero-order chi connectivity index (χ0) is 25.3. The highest BCUT2D eigenvalue weighted by Gasteiger charge is 2.22. The van der Waals surface area contributed by atoms with Crippen LogP contribution in [-0.2, 0) is 16.1 Å². The SMILES string of the molecule is COCCC[C@H](C)CNCc1cc(=O)c(C(O)NCC2CC=C(F)C=C2F)cn1N(C)C(C)=O. The molecule has 0 saturated heterocycles. The van der Waals surface area contributed by atoms with Gasteiger partial charge in [0, 0.05) is 65.0 Å². The lowest BCUT2D eigenvalue weighted by molar-refractivity contribution is -0.117. The van der Waals surface area contributed by atoms with Crippen molar-refractivity contribution in [2.75, 3.05) is 38.9 Å². The average Bonchev–Trinajstić information content (AvgIpc) is 2.78. The summed E-state index contributed by atoms with van der Waals surface area (Å²) in [6.45, 7) is 5.32. The van der Waals surface area contributed by atoms with Crippen LogP contribution in [0.25, 0.3) is 0 Å². The highest BCUT2D eigenvalue weighted by Crippen LogP contribution is 2.25. The minimum Gasteiger partial charge on any atom is -0.385 e. The molecule has 1 amide bonds. The molecule has 10 heteroatoms. The van der Waals surface area contributed by atoms with E-state index >= 15 is 0 Å². The molecule has 3 N–H and O–H groups in total. The lowest BCUT2D eigenvalue weighted by atomic mass is 9.99. The zero-order valence-corrected chi connectivity index (χ0v) is 20.3. The third-order valence-electron chi connectivity index (χ3n) is 5.88. The Balaban J connectivity index is 2.10. The number of nitrogens with zero attached hydrogens (tertiary/aromatic N) is 2. The van der Waals surface area contributed by atoms with E-state index in [1.165, 1.54) is 34.9 Å². The predicted molar refractivity (Wildman–Crippen MR) is 127 cm³/mol. The third kappa shape index (κ3) is 8.12. The average molecular weight is 483 g/mol. The molecule has 0 fully saturated rings. The van der Waals surface area contributed by atoms with Gasteiger partial charge in [-0.25, -0.2) is 8.78 Å². The normalized spacial score (nSPS) is 17.7. The Kier molecular flexibility index (Phi) is 11.0. The summed E-state index contributed by atoms with van der Waals surface area (Å²) >= 11 is 0. The smallest absolute Gasteiger partial charge is 0.237 e. The van der Waals surface area contributed by atoms with Gasteiger partial charge in [0.1, 0.15) is 17.9 Å². The molecule has 190 valence electrons. The monoisotopic (exact) mass is 482 g/mol. The summed E-state index contributed by atoms with van der Waals surface area (Å²) in [5, 5.41) is 18.0. The summed E-state index contributed by atoms with van der Waals surface area (Å²) in [5.74, 6) is -1.73. The van der Waals surface area contributed by atoms with Crippen LogP contribution < -0.4 is 21.1 Å². The quantitative estimate of drug-likeness (QED) is 0.295. The number of nitrogens with one attached hydrogen (secondary N) is 2. The number of aliphatic hydroxyl groups excluding tert-OH is 1. The molecule has 1 aromatic rings. The minimum absolute atomic E-state index is 0.0134. The van der Waals surface area contributed by atoms with E-state index in [0.29, 0.717) is 24.8 Å². The van der Waals surface area contributed by atoms with Crippen LogP contribution in [0.2, 0.25) is 0 Å². The van der Waals surface area contributed by atoms with Gasteiger partial charge in [0.2, 0.25) is 5.91 Å². The van der Waals surface area contributed by atoms with Crippen LogP contribution in [0, 0.1) is 11.8 Å². The van der Waals surface area contributed by atoms with E-state index in [9.17, 15) is 23.5 Å². The Hall–Kier alpha value is -2.40. The number of halogens is 2. The highest BCUT2D eigenvalue weighted by atomic mass is 19.1. The molecule has 0 aliphatic heterocycles. The first-order chi connectivity index (χ1) is 16.1. The molecule has 3 atom stereocenters. The van der Waals surface area contributed by atoms with Crippen LogP contribution in [0.3, 0.4) is 0 Å². The Morgan fingerprint density at radius 2 is 2.15 bits per heavy atom. The van der Waals surface area contributed by atoms with Crippen LogP contribution in [0.4, 0.5) is 8.78 Å². The number of amides is 1. The van der Waals surface area contributed by atoms with Gasteiger partial charge >= 0.3 is 0 Å². The predicted octanol–water partition coefficient (Wildman–Crippen LogP) is 2.42. The van der Waals surface area contributed by atoms with Crippen LogP contribution in [0.1, 0.15) is 50.6 Å². The molecule has 1 aliphatic rings. The number of aromatic nitrogens is 1.